The summed E-state index contributed by atoms with van der Waals surface area (Å²) in [7, 11) is 1.31. The third kappa shape index (κ3) is 2.92. The number of hydrogen-bond donors (Lipinski definition) is 0. The smallest absolute Gasteiger partial charge is 0.360 e. The molecule has 9 heteroatoms. The van der Waals surface area contributed by atoms with Gasteiger partial charge in [0.25, 0.3) is 0 Å². The summed E-state index contributed by atoms with van der Waals surface area (Å²) in [6, 6.07) is 6.25. The molecule has 1 saturated carbocycles. The molecular weight excluding hydrogens is 360 g/mol. The van der Waals surface area contributed by atoms with Crippen LogP contribution in [0.5, 0.6) is 0 Å². The van der Waals surface area contributed by atoms with E-state index in [4.69, 9.17) is 5.10 Å². The highest BCUT2D eigenvalue weighted by Gasteiger charge is 2.29. The maximum atomic E-state index is 12.3. The predicted octanol–water partition coefficient (Wildman–Crippen LogP) is 1.76. The van der Waals surface area contributed by atoms with Crippen LogP contribution in [0.15, 0.2) is 24.4 Å². The molecule has 9 nitrogen and oxygen atoms in total. The van der Waals surface area contributed by atoms with Crippen LogP contribution in [-0.4, -0.2) is 50.1 Å². The summed E-state index contributed by atoms with van der Waals surface area (Å²) in [5.74, 6) is 1.04. The number of anilines is 1. The van der Waals surface area contributed by atoms with E-state index in [0.29, 0.717) is 18.9 Å². The lowest BCUT2D eigenvalue weighted by molar-refractivity contribution is -0.117. The second kappa shape index (κ2) is 6.43. The van der Waals surface area contributed by atoms with Gasteiger partial charge in [0.2, 0.25) is 5.91 Å². The number of methoxy groups -OCH3 is 1. The summed E-state index contributed by atoms with van der Waals surface area (Å²) in [5.41, 5.74) is 3.16. The van der Waals surface area contributed by atoms with Crippen molar-refractivity contribution in [3.05, 3.63) is 41.3 Å². The highest BCUT2D eigenvalue weighted by atomic mass is 16.5. The summed E-state index contributed by atoms with van der Waals surface area (Å²) in [6.07, 6.45) is 5.38. The topological polar surface area (TPSA) is 94.6 Å². The van der Waals surface area contributed by atoms with Crippen molar-refractivity contribution < 1.29 is 14.3 Å². The number of carbonyl (C=O) groups excluding carboxylic acids is 2. The van der Waals surface area contributed by atoms with Crippen LogP contribution < -0.4 is 4.90 Å². The van der Waals surface area contributed by atoms with Crippen molar-refractivity contribution in [3.63, 3.8) is 0 Å². The molecular formula is C19H20N6O3. The summed E-state index contributed by atoms with van der Waals surface area (Å²) in [5, 5.41) is 12.5. The Kier molecular flexibility index (Phi) is 3.88. The van der Waals surface area contributed by atoms with E-state index in [2.05, 4.69) is 27.2 Å². The molecule has 1 amide bonds. The van der Waals surface area contributed by atoms with Crippen LogP contribution >= 0.6 is 0 Å². The van der Waals surface area contributed by atoms with Gasteiger partial charge in [-0.05, 0) is 48.9 Å². The Morgan fingerprint density at radius 3 is 2.86 bits per heavy atom. The summed E-state index contributed by atoms with van der Waals surface area (Å²) in [6.45, 7) is 1.10. The zero-order valence-electron chi connectivity index (χ0n) is 15.5. The van der Waals surface area contributed by atoms with E-state index in [0.717, 1.165) is 30.0 Å². The first-order valence-electron chi connectivity index (χ1n) is 9.44. The number of fused-ring (bicyclic) bond motifs is 1. The first-order chi connectivity index (χ1) is 13.6. The number of ether oxygens (including phenoxy) is 1. The maximum absolute atomic E-state index is 12.3. The molecule has 144 valence electrons. The van der Waals surface area contributed by atoms with Gasteiger partial charge in [0, 0.05) is 13.0 Å². The molecule has 0 atom stereocenters. The number of nitrogens with zero attached hydrogens (tertiary/aromatic N) is 6. The quantitative estimate of drug-likeness (QED) is 0.626. The van der Waals surface area contributed by atoms with Crippen LogP contribution in [0.25, 0.3) is 5.52 Å². The molecule has 0 radical (unpaired) electrons. The Morgan fingerprint density at radius 1 is 1.29 bits per heavy atom. The monoisotopic (exact) mass is 380 g/mol. The van der Waals surface area contributed by atoms with Gasteiger partial charge in [0.05, 0.1) is 31.1 Å². The van der Waals surface area contributed by atoms with E-state index in [1.54, 1.807) is 4.68 Å². The molecule has 3 aromatic heterocycles. The number of hydrogen-bond acceptors (Lipinski definition) is 6. The zero-order valence-corrected chi connectivity index (χ0v) is 15.5. The molecule has 0 spiro atoms. The predicted molar refractivity (Wildman–Crippen MR) is 99.2 cm³/mol. The molecule has 2 aliphatic rings. The van der Waals surface area contributed by atoms with Gasteiger partial charge in [-0.3, -0.25) is 9.69 Å². The first kappa shape index (κ1) is 16.9. The lowest BCUT2D eigenvalue weighted by atomic mass is 10.1. The molecule has 0 unspecified atom stereocenters. The van der Waals surface area contributed by atoms with E-state index >= 15 is 0 Å². The second-order valence-corrected chi connectivity index (χ2v) is 7.34. The van der Waals surface area contributed by atoms with Crippen molar-refractivity contribution in [1.82, 2.24) is 24.6 Å². The molecule has 1 saturated heterocycles. The average molecular weight is 380 g/mol. The highest BCUT2D eigenvalue weighted by Crippen LogP contribution is 2.42. The molecule has 0 N–H and O–H groups in total. The molecule has 28 heavy (non-hydrogen) atoms. The zero-order chi connectivity index (χ0) is 19.3. The molecule has 0 aromatic carbocycles. The van der Waals surface area contributed by atoms with Crippen molar-refractivity contribution in [3.8, 4) is 0 Å². The van der Waals surface area contributed by atoms with E-state index in [-0.39, 0.29) is 11.6 Å². The minimum Gasteiger partial charge on any atom is -0.464 e. The van der Waals surface area contributed by atoms with Crippen molar-refractivity contribution in [2.24, 2.45) is 0 Å². The van der Waals surface area contributed by atoms with Gasteiger partial charge in [0.1, 0.15) is 5.82 Å². The van der Waals surface area contributed by atoms with Gasteiger partial charge in [-0.25, -0.2) is 14.0 Å². The van der Waals surface area contributed by atoms with Gasteiger partial charge < -0.3 is 4.74 Å². The Hall–Kier alpha value is -3.23. The van der Waals surface area contributed by atoms with Crippen molar-refractivity contribution in [2.45, 2.75) is 38.1 Å². The van der Waals surface area contributed by atoms with E-state index < -0.39 is 5.97 Å². The van der Waals surface area contributed by atoms with Crippen molar-refractivity contribution in [2.75, 3.05) is 18.6 Å². The standard InChI is InChI=1S/C19H20N6O3/c1-28-19(27)16-11-23(22-20-16)10-14-9-15-7-13(12-4-5-12)8-17(25(15)21-14)24-6-2-3-18(24)26/h7-9,11-12H,2-6,10H2,1H3. The fourth-order valence-electron chi connectivity index (χ4n) is 3.71. The number of amides is 1. The van der Waals surface area contributed by atoms with Crippen molar-refractivity contribution >= 4 is 23.2 Å². The molecule has 5 rings (SSSR count). The molecule has 2 fully saturated rings. The van der Waals surface area contributed by atoms with E-state index in [1.165, 1.54) is 31.7 Å². The maximum Gasteiger partial charge on any atom is 0.360 e. The summed E-state index contributed by atoms with van der Waals surface area (Å²) >= 11 is 0. The number of carbonyl (C=O) groups is 2. The molecule has 1 aliphatic carbocycles. The summed E-state index contributed by atoms with van der Waals surface area (Å²) < 4.78 is 8.05. The Morgan fingerprint density at radius 2 is 2.14 bits per heavy atom. The fraction of sp³-hybridized carbons (Fsp3) is 0.421. The minimum absolute atomic E-state index is 0.144. The largest absolute Gasteiger partial charge is 0.464 e. The Balaban J connectivity index is 1.51. The van der Waals surface area contributed by atoms with Gasteiger partial charge in [-0.1, -0.05) is 5.21 Å². The third-order valence-electron chi connectivity index (χ3n) is 5.27. The molecule has 1 aliphatic heterocycles. The van der Waals surface area contributed by atoms with Crippen LogP contribution in [0.3, 0.4) is 0 Å². The van der Waals surface area contributed by atoms with E-state index in [9.17, 15) is 9.59 Å². The SMILES string of the molecule is COC(=O)c1cn(Cc2cc3cc(C4CC4)cc(N4CCCC4=O)n3n2)nn1. The Labute approximate surface area is 160 Å². The van der Waals surface area contributed by atoms with Crippen molar-refractivity contribution in [1.29, 1.82) is 0 Å². The van der Waals surface area contributed by atoms with Crippen LogP contribution in [0, 0.1) is 0 Å². The van der Waals surface area contributed by atoms with Gasteiger partial charge >= 0.3 is 5.97 Å². The number of aromatic nitrogens is 5. The fourth-order valence-corrected chi connectivity index (χ4v) is 3.71. The van der Waals surface area contributed by atoms with Crippen LogP contribution in [-0.2, 0) is 16.1 Å². The van der Waals surface area contributed by atoms with Crippen LogP contribution in [0.4, 0.5) is 5.82 Å². The Bertz CT molecular complexity index is 1080. The number of rotatable bonds is 5. The lowest BCUT2D eigenvalue weighted by Crippen LogP contribution is -2.26. The molecule has 0 bridgehead atoms. The van der Waals surface area contributed by atoms with Crippen LogP contribution in [0.2, 0.25) is 0 Å². The van der Waals surface area contributed by atoms with Gasteiger partial charge in [0.15, 0.2) is 5.69 Å². The molecule has 3 aromatic rings. The molecule has 4 heterocycles. The number of esters is 1. The lowest BCUT2D eigenvalue weighted by Gasteiger charge is -2.18. The average Bonchev–Trinajstić information content (AvgIpc) is 3.08. The normalized spacial score (nSPS) is 16.9. The highest BCUT2D eigenvalue weighted by molar-refractivity contribution is 5.95. The number of pyridine rings is 1. The second-order valence-electron chi connectivity index (χ2n) is 7.34. The van der Waals surface area contributed by atoms with E-state index in [1.807, 2.05) is 15.5 Å². The van der Waals surface area contributed by atoms with Gasteiger partial charge in [-0.15, -0.1) is 5.10 Å². The van der Waals surface area contributed by atoms with Gasteiger partial charge in [-0.2, -0.15) is 5.10 Å². The first-order valence-corrected chi connectivity index (χ1v) is 9.44. The third-order valence-corrected chi connectivity index (χ3v) is 5.27. The minimum atomic E-state index is -0.523. The van der Waals surface area contributed by atoms with Crippen LogP contribution in [0.1, 0.15) is 53.3 Å². The summed E-state index contributed by atoms with van der Waals surface area (Å²) in [4.78, 5) is 25.7.